The lowest BCUT2D eigenvalue weighted by Gasteiger charge is -2.13. The Balaban J connectivity index is 2.01. The number of hydrogen-bond donors (Lipinski definition) is 0. The van der Waals surface area contributed by atoms with Crippen molar-refractivity contribution in [3.8, 4) is 22.6 Å². The van der Waals surface area contributed by atoms with Crippen LogP contribution in [0.25, 0.3) is 22.0 Å². The van der Waals surface area contributed by atoms with E-state index >= 15 is 0 Å². The van der Waals surface area contributed by atoms with E-state index in [9.17, 15) is 43.2 Å². The first-order chi connectivity index (χ1) is 14.6. The van der Waals surface area contributed by atoms with Gasteiger partial charge >= 0.3 is 31.3 Å². The van der Waals surface area contributed by atoms with Crippen LogP contribution in [0.4, 0.5) is 26.3 Å². The van der Waals surface area contributed by atoms with Crippen LogP contribution in [0.3, 0.4) is 0 Å². The van der Waals surface area contributed by atoms with Gasteiger partial charge in [-0.25, -0.2) is 0 Å². The van der Waals surface area contributed by atoms with Crippen LogP contribution in [-0.4, -0.2) is 32.8 Å². The maximum atomic E-state index is 12.6. The van der Waals surface area contributed by atoms with Crippen molar-refractivity contribution in [3.63, 3.8) is 0 Å². The Labute approximate surface area is 176 Å². The molecule has 0 atom stereocenters. The van der Waals surface area contributed by atoms with Gasteiger partial charge < -0.3 is 8.37 Å². The lowest BCUT2D eigenvalue weighted by atomic mass is 10.0. The number of nitrogens with zero attached hydrogens (tertiary/aromatic N) is 1. The van der Waals surface area contributed by atoms with Crippen LogP contribution in [0.15, 0.2) is 54.7 Å². The summed E-state index contributed by atoms with van der Waals surface area (Å²) in [6.07, 6.45) is 1.18. The Bertz CT molecular complexity index is 1370. The highest BCUT2D eigenvalue weighted by Gasteiger charge is 2.49. The van der Waals surface area contributed by atoms with E-state index in [1.54, 1.807) is 0 Å². The average Bonchev–Trinajstić information content (AvgIpc) is 2.67. The van der Waals surface area contributed by atoms with E-state index in [4.69, 9.17) is 0 Å². The molecular weight excluding hydrogens is 492 g/mol. The van der Waals surface area contributed by atoms with Crippen LogP contribution in [0.2, 0.25) is 0 Å². The van der Waals surface area contributed by atoms with Gasteiger partial charge in [0.05, 0.1) is 0 Å². The molecule has 3 rings (SSSR count). The molecule has 0 amide bonds. The minimum Gasteiger partial charge on any atom is -0.376 e. The number of benzene rings is 2. The van der Waals surface area contributed by atoms with Crippen molar-refractivity contribution >= 4 is 31.1 Å². The standard InChI is InChI=1S/C17H9F6NO6S2/c18-16(19,20)31(25,26)29-11-5-3-10(4-6-11)12-7-8-14(15-13(12)2-1-9-24-15)30-32(27,28)17(21,22)23/h1-9H. The van der Waals surface area contributed by atoms with Crippen molar-refractivity contribution < 1.29 is 51.5 Å². The molecule has 1 aromatic heterocycles. The Morgan fingerprint density at radius 2 is 1.28 bits per heavy atom. The number of fused-ring (bicyclic) bond motifs is 1. The second-order valence-corrected chi connectivity index (χ2v) is 9.08. The molecule has 0 saturated heterocycles. The molecule has 2 aromatic carbocycles. The average molecular weight is 501 g/mol. The van der Waals surface area contributed by atoms with Gasteiger partial charge in [-0.2, -0.15) is 43.2 Å². The van der Waals surface area contributed by atoms with Gasteiger partial charge in [0.1, 0.15) is 11.3 Å². The topological polar surface area (TPSA) is 99.6 Å². The van der Waals surface area contributed by atoms with Crippen LogP contribution in [0.5, 0.6) is 11.5 Å². The predicted molar refractivity (Wildman–Crippen MR) is 98.4 cm³/mol. The molecule has 0 radical (unpaired) electrons. The van der Waals surface area contributed by atoms with Crippen molar-refractivity contribution in [2.24, 2.45) is 0 Å². The van der Waals surface area contributed by atoms with Gasteiger partial charge in [0.15, 0.2) is 5.75 Å². The van der Waals surface area contributed by atoms with E-state index in [1.807, 2.05) is 0 Å². The Morgan fingerprint density at radius 1 is 0.719 bits per heavy atom. The smallest absolute Gasteiger partial charge is 0.376 e. The molecule has 7 nitrogen and oxygen atoms in total. The van der Waals surface area contributed by atoms with Crippen molar-refractivity contribution in [1.29, 1.82) is 0 Å². The maximum Gasteiger partial charge on any atom is 0.534 e. The van der Waals surface area contributed by atoms with Crippen molar-refractivity contribution in [3.05, 3.63) is 54.7 Å². The van der Waals surface area contributed by atoms with E-state index in [2.05, 4.69) is 13.4 Å². The third kappa shape index (κ3) is 4.57. The number of rotatable bonds is 5. The van der Waals surface area contributed by atoms with Crippen LogP contribution < -0.4 is 8.37 Å². The fraction of sp³-hybridized carbons (Fsp3) is 0.118. The molecule has 0 bridgehead atoms. The van der Waals surface area contributed by atoms with Crippen LogP contribution >= 0.6 is 0 Å². The first-order valence-corrected chi connectivity index (χ1v) is 10.9. The SMILES string of the molecule is O=S(=O)(Oc1ccc(-c2ccc(OS(=O)(=O)C(F)(F)F)c3ncccc23)cc1)C(F)(F)F. The second-order valence-electron chi connectivity index (χ2n) is 6.00. The molecule has 0 fully saturated rings. The minimum atomic E-state index is -5.96. The summed E-state index contributed by atoms with van der Waals surface area (Å²) >= 11 is 0. The Morgan fingerprint density at radius 3 is 1.84 bits per heavy atom. The lowest BCUT2D eigenvalue weighted by molar-refractivity contribution is -0.0504. The number of halogens is 6. The summed E-state index contributed by atoms with van der Waals surface area (Å²) in [6, 6.07) is 9.16. The highest BCUT2D eigenvalue weighted by atomic mass is 32.2. The van der Waals surface area contributed by atoms with Gasteiger partial charge in [-0.1, -0.05) is 18.2 Å². The predicted octanol–water partition coefficient (Wildman–Crippen LogP) is 4.36. The molecule has 0 aliphatic rings. The molecular formula is C17H9F6NO6S2. The van der Waals surface area contributed by atoms with E-state index in [-0.39, 0.29) is 22.0 Å². The third-order valence-corrected chi connectivity index (χ3v) is 5.82. The van der Waals surface area contributed by atoms with Crippen LogP contribution in [0, 0.1) is 0 Å². The van der Waals surface area contributed by atoms with Gasteiger partial charge in [0, 0.05) is 11.6 Å². The number of hydrogen-bond acceptors (Lipinski definition) is 7. The maximum absolute atomic E-state index is 12.6. The van der Waals surface area contributed by atoms with Crippen molar-refractivity contribution in [2.75, 3.05) is 0 Å². The second kappa shape index (κ2) is 7.81. The molecule has 0 saturated carbocycles. The Hall–Kier alpha value is -3.07. The molecule has 1 heterocycles. The molecule has 0 unspecified atom stereocenters. The third-order valence-electron chi connectivity index (χ3n) is 3.87. The van der Waals surface area contributed by atoms with E-state index in [1.165, 1.54) is 36.5 Å². The zero-order valence-corrected chi connectivity index (χ0v) is 16.8. The molecule has 0 spiro atoms. The molecule has 0 aliphatic heterocycles. The van der Waals surface area contributed by atoms with Crippen LogP contribution in [0.1, 0.15) is 0 Å². The molecule has 0 aliphatic carbocycles. The van der Waals surface area contributed by atoms with Gasteiger partial charge in [-0.15, -0.1) is 0 Å². The quantitative estimate of drug-likeness (QED) is 0.291. The molecule has 3 aromatic rings. The molecule has 32 heavy (non-hydrogen) atoms. The summed E-state index contributed by atoms with van der Waals surface area (Å²) in [5.41, 5.74) is -11.0. The Kier molecular flexibility index (Phi) is 5.76. The highest BCUT2D eigenvalue weighted by Crippen LogP contribution is 2.36. The first-order valence-electron chi connectivity index (χ1n) is 8.12. The monoisotopic (exact) mass is 501 g/mol. The fourth-order valence-corrected chi connectivity index (χ4v) is 3.42. The van der Waals surface area contributed by atoms with Crippen molar-refractivity contribution in [2.45, 2.75) is 11.0 Å². The molecule has 15 heteroatoms. The molecule has 172 valence electrons. The zero-order valence-electron chi connectivity index (χ0n) is 15.2. The van der Waals surface area contributed by atoms with Gasteiger partial charge in [0.2, 0.25) is 0 Å². The van der Waals surface area contributed by atoms with Gasteiger partial charge in [-0.3, -0.25) is 4.98 Å². The lowest BCUT2D eigenvalue weighted by Crippen LogP contribution is -2.28. The molecule has 0 N–H and O–H groups in total. The van der Waals surface area contributed by atoms with Gasteiger partial charge in [0.25, 0.3) is 0 Å². The summed E-state index contributed by atoms with van der Waals surface area (Å²) in [7, 11) is -11.8. The highest BCUT2D eigenvalue weighted by molar-refractivity contribution is 7.88. The normalized spacial score (nSPS) is 13.2. The fourth-order valence-electron chi connectivity index (χ4n) is 2.50. The van der Waals surface area contributed by atoms with E-state index in [0.717, 1.165) is 18.2 Å². The number of alkyl halides is 6. The number of aromatic nitrogens is 1. The number of pyridine rings is 1. The summed E-state index contributed by atoms with van der Waals surface area (Å²) in [5, 5.41) is 0.152. The minimum absolute atomic E-state index is 0.152. The largest absolute Gasteiger partial charge is 0.534 e. The van der Waals surface area contributed by atoms with Crippen molar-refractivity contribution in [1.82, 2.24) is 4.98 Å². The van der Waals surface area contributed by atoms with Crippen LogP contribution in [-0.2, 0) is 20.2 Å². The zero-order chi connectivity index (χ0) is 23.9. The van der Waals surface area contributed by atoms with E-state index in [0.29, 0.717) is 0 Å². The van der Waals surface area contributed by atoms with E-state index < -0.39 is 42.8 Å². The summed E-state index contributed by atoms with van der Waals surface area (Å²) < 4.78 is 128. The van der Waals surface area contributed by atoms with Gasteiger partial charge in [-0.05, 0) is 41.5 Å². The first kappa shape index (κ1) is 23.6. The summed E-state index contributed by atoms with van der Waals surface area (Å²) in [4.78, 5) is 3.84. The summed E-state index contributed by atoms with van der Waals surface area (Å²) in [5.74, 6) is -1.33. The summed E-state index contributed by atoms with van der Waals surface area (Å²) in [6.45, 7) is 0.